The predicted octanol–water partition coefficient (Wildman–Crippen LogP) is 2.72. The highest BCUT2D eigenvalue weighted by molar-refractivity contribution is 5.28. The van der Waals surface area contributed by atoms with E-state index in [-0.39, 0.29) is 0 Å². The first-order valence-corrected chi connectivity index (χ1v) is 7.69. The standard InChI is InChI=1S/C17H28N2/c1-14(2)15(3)18-10-13-19-11-8-16-6-4-5-7-17(16)9-12-19/h4-7,14-15,18H,8-13H2,1-3H3. The lowest BCUT2D eigenvalue weighted by Crippen LogP contribution is -2.39. The van der Waals surface area contributed by atoms with Gasteiger partial charge in [0.05, 0.1) is 0 Å². The fourth-order valence-electron chi connectivity index (χ4n) is 2.62. The third-order valence-corrected chi connectivity index (χ3v) is 4.41. The van der Waals surface area contributed by atoms with Gasteiger partial charge in [0.2, 0.25) is 0 Å². The van der Waals surface area contributed by atoms with Gasteiger partial charge in [0, 0.05) is 32.2 Å². The van der Waals surface area contributed by atoms with E-state index in [0.717, 1.165) is 6.54 Å². The summed E-state index contributed by atoms with van der Waals surface area (Å²) in [5, 5.41) is 3.63. The Kier molecular flexibility index (Phi) is 5.41. The fraction of sp³-hybridized carbons (Fsp3) is 0.647. The van der Waals surface area contributed by atoms with Gasteiger partial charge in [0.1, 0.15) is 0 Å². The van der Waals surface area contributed by atoms with E-state index in [1.54, 1.807) is 11.1 Å². The molecule has 1 aromatic rings. The molecule has 1 N–H and O–H groups in total. The maximum Gasteiger partial charge on any atom is 0.0107 e. The zero-order valence-electron chi connectivity index (χ0n) is 12.7. The zero-order chi connectivity index (χ0) is 13.7. The van der Waals surface area contributed by atoms with Gasteiger partial charge in [-0.25, -0.2) is 0 Å². The van der Waals surface area contributed by atoms with Crippen molar-refractivity contribution in [2.45, 2.75) is 39.7 Å². The van der Waals surface area contributed by atoms with E-state index in [1.165, 1.54) is 32.5 Å². The number of benzene rings is 1. The Balaban J connectivity index is 1.76. The largest absolute Gasteiger partial charge is 0.313 e. The van der Waals surface area contributed by atoms with Crippen LogP contribution in [-0.4, -0.2) is 37.1 Å². The number of nitrogens with zero attached hydrogens (tertiary/aromatic N) is 1. The topological polar surface area (TPSA) is 15.3 Å². The van der Waals surface area contributed by atoms with Gasteiger partial charge in [0.15, 0.2) is 0 Å². The number of fused-ring (bicyclic) bond motifs is 1. The third kappa shape index (κ3) is 4.32. The Hall–Kier alpha value is -0.860. The van der Waals surface area contributed by atoms with E-state index < -0.39 is 0 Å². The number of hydrogen-bond donors (Lipinski definition) is 1. The summed E-state index contributed by atoms with van der Waals surface area (Å²) >= 11 is 0. The molecule has 106 valence electrons. The summed E-state index contributed by atoms with van der Waals surface area (Å²) in [5.74, 6) is 0.716. The van der Waals surface area contributed by atoms with Crippen LogP contribution in [0.15, 0.2) is 24.3 Å². The normalized spacial score (nSPS) is 18.1. The van der Waals surface area contributed by atoms with Crippen LogP contribution in [-0.2, 0) is 12.8 Å². The van der Waals surface area contributed by atoms with Crippen LogP contribution in [0.4, 0.5) is 0 Å². The highest BCUT2D eigenvalue weighted by atomic mass is 15.1. The SMILES string of the molecule is CC(C)C(C)NCCN1CCc2ccccc2CC1. The van der Waals surface area contributed by atoms with Crippen LogP contribution in [0.1, 0.15) is 31.9 Å². The van der Waals surface area contributed by atoms with Crippen molar-refractivity contribution in [3.05, 3.63) is 35.4 Å². The van der Waals surface area contributed by atoms with E-state index in [2.05, 4.69) is 55.3 Å². The first kappa shape index (κ1) is 14.5. The second-order valence-corrected chi connectivity index (χ2v) is 6.10. The smallest absolute Gasteiger partial charge is 0.0107 e. The van der Waals surface area contributed by atoms with Gasteiger partial charge in [0.25, 0.3) is 0 Å². The highest BCUT2D eigenvalue weighted by Crippen LogP contribution is 2.15. The molecule has 0 saturated heterocycles. The van der Waals surface area contributed by atoms with Crippen molar-refractivity contribution in [1.82, 2.24) is 10.2 Å². The molecule has 2 rings (SSSR count). The lowest BCUT2D eigenvalue weighted by atomic mass is 10.0. The number of hydrogen-bond acceptors (Lipinski definition) is 2. The van der Waals surface area contributed by atoms with Crippen molar-refractivity contribution in [3.63, 3.8) is 0 Å². The van der Waals surface area contributed by atoms with E-state index in [0.29, 0.717) is 12.0 Å². The average molecular weight is 260 g/mol. The number of rotatable bonds is 5. The fourth-order valence-corrected chi connectivity index (χ4v) is 2.62. The van der Waals surface area contributed by atoms with Crippen molar-refractivity contribution < 1.29 is 0 Å². The molecule has 19 heavy (non-hydrogen) atoms. The maximum atomic E-state index is 3.63. The van der Waals surface area contributed by atoms with Crippen molar-refractivity contribution >= 4 is 0 Å². The molecule has 1 aliphatic rings. The molecule has 0 radical (unpaired) electrons. The Morgan fingerprint density at radius 2 is 1.63 bits per heavy atom. The van der Waals surface area contributed by atoms with E-state index >= 15 is 0 Å². The van der Waals surface area contributed by atoms with Crippen LogP contribution in [0.3, 0.4) is 0 Å². The zero-order valence-corrected chi connectivity index (χ0v) is 12.7. The lowest BCUT2D eigenvalue weighted by Gasteiger charge is -2.23. The molecule has 0 saturated carbocycles. The summed E-state index contributed by atoms with van der Waals surface area (Å²) < 4.78 is 0. The Labute approximate surface area is 118 Å². The van der Waals surface area contributed by atoms with Crippen LogP contribution in [0.25, 0.3) is 0 Å². The molecule has 1 aliphatic heterocycles. The molecule has 2 nitrogen and oxygen atoms in total. The minimum absolute atomic E-state index is 0.615. The van der Waals surface area contributed by atoms with Crippen LogP contribution in [0.2, 0.25) is 0 Å². The van der Waals surface area contributed by atoms with Gasteiger partial charge < -0.3 is 10.2 Å². The van der Waals surface area contributed by atoms with Gasteiger partial charge in [-0.2, -0.15) is 0 Å². The summed E-state index contributed by atoms with van der Waals surface area (Å²) in [6.45, 7) is 11.5. The Morgan fingerprint density at radius 1 is 1.05 bits per heavy atom. The monoisotopic (exact) mass is 260 g/mol. The van der Waals surface area contributed by atoms with Gasteiger partial charge in [-0.15, -0.1) is 0 Å². The molecule has 0 amide bonds. The van der Waals surface area contributed by atoms with Crippen LogP contribution >= 0.6 is 0 Å². The van der Waals surface area contributed by atoms with E-state index in [4.69, 9.17) is 0 Å². The molecule has 1 unspecified atom stereocenters. The minimum Gasteiger partial charge on any atom is -0.313 e. The van der Waals surface area contributed by atoms with Crippen molar-refractivity contribution in [2.75, 3.05) is 26.2 Å². The molecule has 1 heterocycles. The second-order valence-electron chi connectivity index (χ2n) is 6.10. The van der Waals surface area contributed by atoms with Gasteiger partial charge in [-0.3, -0.25) is 0 Å². The van der Waals surface area contributed by atoms with Crippen molar-refractivity contribution in [2.24, 2.45) is 5.92 Å². The second kappa shape index (κ2) is 7.06. The third-order valence-electron chi connectivity index (χ3n) is 4.41. The molecule has 1 atom stereocenters. The summed E-state index contributed by atoms with van der Waals surface area (Å²) in [6, 6.07) is 9.53. The summed E-state index contributed by atoms with van der Waals surface area (Å²) in [7, 11) is 0. The van der Waals surface area contributed by atoms with Crippen LogP contribution < -0.4 is 5.32 Å². The molecule has 0 spiro atoms. The summed E-state index contributed by atoms with van der Waals surface area (Å²) in [6.07, 6.45) is 2.41. The average Bonchev–Trinajstić information content (AvgIpc) is 2.61. The molecule has 0 aliphatic carbocycles. The molecular formula is C17H28N2. The van der Waals surface area contributed by atoms with Gasteiger partial charge >= 0.3 is 0 Å². The Bertz CT molecular complexity index is 360. The first-order chi connectivity index (χ1) is 9.16. The van der Waals surface area contributed by atoms with Gasteiger partial charge in [-0.05, 0) is 36.8 Å². The van der Waals surface area contributed by atoms with Crippen molar-refractivity contribution in [1.29, 1.82) is 0 Å². The van der Waals surface area contributed by atoms with Crippen LogP contribution in [0, 0.1) is 5.92 Å². The molecule has 2 heteroatoms. The highest BCUT2D eigenvalue weighted by Gasteiger charge is 2.13. The first-order valence-electron chi connectivity index (χ1n) is 7.69. The summed E-state index contributed by atoms with van der Waals surface area (Å²) in [5.41, 5.74) is 3.10. The maximum absolute atomic E-state index is 3.63. The summed E-state index contributed by atoms with van der Waals surface area (Å²) in [4.78, 5) is 2.60. The predicted molar refractivity (Wildman–Crippen MR) is 82.6 cm³/mol. The Morgan fingerprint density at radius 3 is 2.16 bits per heavy atom. The number of nitrogens with one attached hydrogen (secondary N) is 1. The molecule has 0 aromatic heterocycles. The molecule has 0 bridgehead atoms. The lowest BCUT2D eigenvalue weighted by molar-refractivity contribution is 0.276. The van der Waals surface area contributed by atoms with Crippen molar-refractivity contribution in [3.8, 4) is 0 Å². The molecule has 0 fully saturated rings. The molecular weight excluding hydrogens is 232 g/mol. The minimum atomic E-state index is 0.615. The quantitative estimate of drug-likeness (QED) is 0.876. The van der Waals surface area contributed by atoms with E-state index in [1.807, 2.05) is 0 Å². The van der Waals surface area contributed by atoms with E-state index in [9.17, 15) is 0 Å². The van der Waals surface area contributed by atoms with Crippen LogP contribution in [0.5, 0.6) is 0 Å². The molecule has 1 aromatic carbocycles. The van der Waals surface area contributed by atoms with Gasteiger partial charge in [-0.1, -0.05) is 38.1 Å².